The van der Waals surface area contributed by atoms with Gasteiger partial charge in [0.05, 0.1) is 12.8 Å². The Bertz CT molecular complexity index is 847. The fourth-order valence-electron chi connectivity index (χ4n) is 3.47. The van der Waals surface area contributed by atoms with Crippen LogP contribution in [0.1, 0.15) is 35.8 Å². The lowest BCUT2D eigenvalue weighted by molar-refractivity contribution is -0.116. The largest absolute Gasteiger partial charge is 0.464 e. The number of aromatic nitrogens is 1. The van der Waals surface area contributed by atoms with Crippen LogP contribution in [-0.4, -0.2) is 48.1 Å². The normalized spacial score (nSPS) is 15.4. The number of methoxy groups -OCH3 is 1. The van der Waals surface area contributed by atoms with Crippen molar-refractivity contribution in [2.24, 2.45) is 0 Å². The molecule has 2 heterocycles. The number of ether oxygens (including phenoxy) is 1. The Labute approximate surface area is 171 Å². The third-order valence-corrected chi connectivity index (χ3v) is 5.48. The highest BCUT2D eigenvalue weighted by Crippen LogP contribution is 2.25. The summed E-state index contributed by atoms with van der Waals surface area (Å²) in [6.45, 7) is 2.29. The first kappa shape index (κ1) is 20.5. The average molecular weight is 452 g/mol. The SMILES string of the molecule is COC(=O)c1cccn1C1CCN(CCC(=O)Nc2ccc(Br)cc2F)CC1. The van der Waals surface area contributed by atoms with E-state index in [1.807, 2.05) is 16.8 Å². The molecule has 0 saturated carbocycles. The fourth-order valence-corrected chi connectivity index (χ4v) is 3.81. The summed E-state index contributed by atoms with van der Waals surface area (Å²) < 4.78 is 21.2. The van der Waals surface area contributed by atoms with Crippen LogP contribution in [0.4, 0.5) is 10.1 Å². The molecule has 0 radical (unpaired) electrons. The van der Waals surface area contributed by atoms with E-state index in [9.17, 15) is 14.0 Å². The summed E-state index contributed by atoms with van der Waals surface area (Å²) in [5.74, 6) is -0.998. The Morgan fingerprint density at radius 1 is 1.29 bits per heavy atom. The number of anilines is 1. The maximum absolute atomic E-state index is 13.8. The van der Waals surface area contributed by atoms with Gasteiger partial charge < -0.3 is 19.5 Å². The molecule has 0 bridgehead atoms. The van der Waals surface area contributed by atoms with Gasteiger partial charge >= 0.3 is 5.97 Å². The van der Waals surface area contributed by atoms with Gasteiger partial charge in [-0.15, -0.1) is 0 Å². The van der Waals surface area contributed by atoms with E-state index in [0.29, 0.717) is 23.1 Å². The fraction of sp³-hybridized carbons (Fsp3) is 0.400. The highest BCUT2D eigenvalue weighted by atomic mass is 79.9. The molecule has 6 nitrogen and oxygen atoms in total. The van der Waals surface area contributed by atoms with Gasteiger partial charge in [0.1, 0.15) is 11.5 Å². The molecule has 1 N–H and O–H groups in total. The van der Waals surface area contributed by atoms with Crippen LogP contribution in [-0.2, 0) is 9.53 Å². The average Bonchev–Trinajstić information content (AvgIpc) is 3.18. The van der Waals surface area contributed by atoms with E-state index in [2.05, 4.69) is 26.1 Å². The molecule has 1 aliphatic rings. The van der Waals surface area contributed by atoms with Crippen LogP contribution in [0.5, 0.6) is 0 Å². The maximum atomic E-state index is 13.8. The number of nitrogens with zero attached hydrogens (tertiary/aromatic N) is 2. The monoisotopic (exact) mass is 451 g/mol. The standard InChI is InChI=1S/C20H23BrFN3O3/c1-28-20(27)18-3-2-9-25(18)15-6-10-24(11-7-15)12-8-19(26)23-17-5-4-14(21)13-16(17)22/h2-5,9,13,15H,6-8,10-12H2,1H3,(H,23,26). The number of hydrogen-bond acceptors (Lipinski definition) is 4. The Hall–Kier alpha value is -2.19. The number of rotatable bonds is 6. The molecule has 1 aromatic heterocycles. The van der Waals surface area contributed by atoms with E-state index in [1.54, 1.807) is 18.2 Å². The van der Waals surface area contributed by atoms with Crippen molar-refractivity contribution < 1.29 is 18.7 Å². The number of piperidine rings is 1. The maximum Gasteiger partial charge on any atom is 0.354 e. The molecule has 1 saturated heterocycles. The van der Waals surface area contributed by atoms with Gasteiger partial charge in [-0.1, -0.05) is 15.9 Å². The van der Waals surface area contributed by atoms with Crippen LogP contribution in [0, 0.1) is 5.82 Å². The summed E-state index contributed by atoms with van der Waals surface area (Å²) in [7, 11) is 1.38. The second kappa shape index (κ2) is 9.34. The second-order valence-electron chi connectivity index (χ2n) is 6.79. The van der Waals surface area contributed by atoms with Gasteiger partial charge in [-0.05, 0) is 43.2 Å². The summed E-state index contributed by atoms with van der Waals surface area (Å²) in [4.78, 5) is 26.2. The van der Waals surface area contributed by atoms with Crippen LogP contribution in [0.3, 0.4) is 0 Å². The van der Waals surface area contributed by atoms with Crippen LogP contribution in [0.15, 0.2) is 41.0 Å². The molecule has 0 aliphatic carbocycles. The zero-order chi connectivity index (χ0) is 20.1. The van der Waals surface area contributed by atoms with E-state index in [4.69, 9.17) is 4.74 Å². The molecule has 0 atom stereocenters. The number of amides is 1. The number of likely N-dealkylation sites (tertiary alicyclic amines) is 1. The van der Waals surface area contributed by atoms with Crippen molar-refractivity contribution in [3.63, 3.8) is 0 Å². The Kier molecular flexibility index (Phi) is 6.85. The number of benzene rings is 1. The van der Waals surface area contributed by atoms with Crippen molar-refractivity contribution in [1.82, 2.24) is 9.47 Å². The van der Waals surface area contributed by atoms with Crippen molar-refractivity contribution in [2.75, 3.05) is 32.1 Å². The molecule has 1 aliphatic heterocycles. The minimum Gasteiger partial charge on any atom is -0.464 e. The molecular formula is C20H23BrFN3O3. The summed E-state index contributed by atoms with van der Waals surface area (Å²) in [6, 6.07) is 8.41. The van der Waals surface area contributed by atoms with Gasteiger partial charge in [0, 0.05) is 42.8 Å². The van der Waals surface area contributed by atoms with Crippen LogP contribution in [0.2, 0.25) is 0 Å². The molecular weight excluding hydrogens is 429 g/mol. The Morgan fingerprint density at radius 2 is 2.04 bits per heavy atom. The first-order chi connectivity index (χ1) is 13.5. The second-order valence-corrected chi connectivity index (χ2v) is 7.70. The highest BCUT2D eigenvalue weighted by molar-refractivity contribution is 9.10. The summed E-state index contributed by atoms with van der Waals surface area (Å²) in [5, 5.41) is 2.62. The van der Waals surface area contributed by atoms with Gasteiger partial charge in [-0.2, -0.15) is 0 Å². The lowest BCUT2D eigenvalue weighted by Gasteiger charge is -2.33. The third-order valence-electron chi connectivity index (χ3n) is 4.98. The van der Waals surface area contributed by atoms with E-state index < -0.39 is 5.82 Å². The summed E-state index contributed by atoms with van der Waals surface area (Å²) >= 11 is 3.19. The van der Waals surface area contributed by atoms with Crippen molar-refractivity contribution in [2.45, 2.75) is 25.3 Å². The molecule has 28 heavy (non-hydrogen) atoms. The van der Waals surface area contributed by atoms with E-state index in [-0.39, 0.29) is 23.6 Å². The van der Waals surface area contributed by atoms with Gasteiger partial charge in [-0.3, -0.25) is 4.79 Å². The quantitative estimate of drug-likeness (QED) is 0.677. The Morgan fingerprint density at radius 3 is 2.71 bits per heavy atom. The van der Waals surface area contributed by atoms with Gasteiger partial charge in [0.2, 0.25) is 5.91 Å². The van der Waals surface area contributed by atoms with Crippen LogP contribution >= 0.6 is 15.9 Å². The molecule has 1 fully saturated rings. The number of esters is 1. The zero-order valence-electron chi connectivity index (χ0n) is 15.7. The first-order valence-corrected chi connectivity index (χ1v) is 9.99. The predicted octanol–water partition coefficient (Wildman–Crippen LogP) is 3.84. The Balaban J connectivity index is 1.46. The highest BCUT2D eigenvalue weighted by Gasteiger charge is 2.24. The molecule has 8 heteroatoms. The third kappa shape index (κ3) is 4.99. The van der Waals surface area contributed by atoms with Crippen LogP contribution in [0.25, 0.3) is 0 Å². The summed E-state index contributed by atoms with van der Waals surface area (Å²) in [6.07, 6.45) is 3.99. The molecule has 0 spiro atoms. The number of nitrogens with one attached hydrogen (secondary N) is 1. The lowest BCUT2D eigenvalue weighted by atomic mass is 10.0. The van der Waals surface area contributed by atoms with E-state index in [1.165, 1.54) is 13.2 Å². The number of carbonyl (C=O) groups excluding carboxylic acids is 2. The van der Waals surface area contributed by atoms with Crippen molar-refractivity contribution in [3.05, 3.63) is 52.5 Å². The molecule has 1 amide bonds. The summed E-state index contributed by atoms with van der Waals surface area (Å²) in [5.41, 5.74) is 0.756. The minimum atomic E-state index is -0.461. The van der Waals surface area contributed by atoms with Gasteiger partial charge in [-0.25, -0.2) is 9.18 Å². The van der Waals surface area contributed by atoms with Gasteiger partial charge in [0.15, 0.2) is 0 Å². The lowest BCUT2D eigenvalue weighted by Crippen LogP contribution is -2.37. The smallest absolute Gasteiger partial charge is 0.354 e. The van der Waals surface area contributed by atoms with Crippen LogP contribution < -0.4 is 5.32 Å². The van der Waals surface area contributed by atoms with Crippen molar-refractivity contribution in [1.29, 1.82) is 0 Å². The van der Waals surface area contributed by atoms with Crippen molar-refractivity contribution in [3.8, 4) is 0 Å². The van der Waals surface area contributed by atoms with E-state index in [0.717, 1.165) is 25.9 Å². The molecule has 2 aromatic rings. The molecule has 150 valence electrons. The van der Waals surface area contributed by atoms with Crippen molar-refractivity contribution >= 4 is 33.5 Å². The molecule has 1 aromatic carbocycles. The predicted molar refractivity (Wildman–Crippen MR) is 108 cm³/mol. The first-order valence-electron chi connectivity index (χ1n) is 9.20. The topological polar surface area (TPSA) is 63.6 Å². The number of hydrogen-bond donors (Lipinski definition) is 1. The number of carbonyl (C=O) groups is 2. The zero-order valence-corrected chi connectivity index (χ0v) is 17.2. The minimum absolute atomic E-state index is 0.190. The number of halogens is 2. The van der Waals surface area contributed by atoms with E-state index >= 15 is 0 Å². The van der Waals surface area contributed by atoms with Gasteiger partial charge in [0.25, 0.3) is 0 Å². The molecule has 0 unspecified atom stereocenters. The molecule has 3 rings (SSSR count).